The number of aromatic nitrogens is 3. The Morgan fingerprint density at radius 3 is 2.62 bits per heavy atom. The average Bonchev–Trinajstić information content (AvgIpc) is 3.21. The third-order valence-corrected chi connectivity index (χ3v) is 5.78. The van der Waals surface area contributed by atoms with Crippen LogP contribution in [-0.4, -0.2) is 52.6 Å². The molecule has 2 aromatic heterocycles. The zero-order valence-corrected chi connectivity index (χ0v) is 20.7. The van der Waals surface area contributed by atoms with Gasteiger partial charge in [0.15, 0.2) is 23.3 Å². The molecule has 190 valence electrons. The molecule has 2 aromatic carbocycles. The number of rotatable bonds is 9. The molecular weight excluding hydrogens is 475 g/mol. The summed E-state index contributed by atoms with van der Waals surface area (Å²) in [5, 5.41) is 32.6. The second-order valence-corrected chi connectivity index (χ2v) is 8.74. The number of hydrogen-bond donors (Lipinski definition) is 4. The Morgan fingerprint density at radius 1 is 1.19 bits per heavy atom. The Labute approximate surface area is 213 Å². The van der Waals surface area contributed by atoms with Gasteiger partial charge < -0.3 is 26.0 Å². The molecule has 0 aliphatic rings. The standard InChI is InChI=1S/C26H27FN8O2/c1-34(2)25-20-13-18(9-10-22(20)35(3)33-25)30-23-17(14-28)12-21(27)24(32-23)31-19(15-29-26(36)37)11-16-7-5-4-6-8-16/h4-10,12-13,19,29H,11,15H2,1-3H3,(H,36,37)(H2,30,31,32). The lowest BCUT2D eigenvalue weighted by Crippen LogP contribution is -2.37. The maximum atomic E-state index is 14.9. The Balaban J connectivity index is 1.65. The fourth-order valence-corrected chi connectivity index (χ4v) is 4.04. The molecule has 1 atom stereocenters. The number of amides is 1. The minimum Gasteiger partial charge on any atom is -0.465 e. The molecule has 0 aliphatic carbocycles. The molecule has 10 nitrogen and oxygen atoms in total. The summed E-state index contributed by atoms with van der Waals surface area (Å²) in [6.07, 6.45) is -0.755. The van der Waals surface area contributed by atoms with Crippen LogP contribution in [0.1, 0.15) is 11.1 Å². The smallest absolute Gasteiger partial charge is 0.404 e. The minimum atomic E-state index is -1.18. The van der Waals surface area contributed by atoms with E-state index >= 15 is 0 Å². The number of aryl methyl sites for hydroxylation is 1. The number of nitrogens with one attached hydrogen (secondary N) is 3. The van der Waals surface area contributed by atoms with Gasteiger partial charge in [0, 0.05) is 44.8 Å². The van der Waals surface area contributed by atoms with E-state index in [1.165, 1.54) is 0 Å². The second-order valence-electron chi connectivity index (χ2n) is 8.74. The average molecular weight is 503 g/mol. The van der Waals surface area contributed by atoms with Gasteiger partial charge in [0.05, 0.1) is 11.1 Å². The first kappa shape index (κ1) is 25.2. The molecule has 0 saturated heterocycles. The Hall–Kier alpha value is -4.85. The summed E-state index contributed by atoms with van der Waals surface area (Å²) in [6.45, 7) is 0.0269. The molecule has 1 unspecified atom stereocenters. The van der Waals surface area contributed by atoms with Crippen molar-refractivity contribution in [2.45, 2.75) is 12.5 Å². The lowest BCUT2D eigenvalue weighted by Gasteiger charge is -2.20. The molecule has 4 rings (SSSR count). The van der Waals surface area contributed by atoms with Crippen molar-refractivity contribution in [3.05, 3.63) is 71.5 Å². The number of fused-ring (bicyclic) bond motifs is 1. The molecule has 0 saturated carbocycles. The fourth-order valence-electron chi connectivity index (χ4n) is 4.04. The van der Waals surface area contributed by atoms with E-state index < -0.39 is 18.0 Å². The second kappa shape index (κ2) is 10.8. The van der Waals surface area contributed by atoms with E-state index in [1.807, 2.05) is 80.6 Å². The van der Waals surface area contributed by atoms with Gasteiger partial charge in [0.25, 0.3) is 0 Å². The molecule has 0 radical (unpaired) electrons. The van der Waals surface area contributed by atoms with Gasteiger partial charge in [-0.3, -0.25) is 4.68 Å². The highest BCUT2D eigenvalue weighted by molar-refractivity contribution is 5.93. The van der Waals surface area contributed by atoms with E-state index in [9.17, 15) is 14.4 Å². The molecule has 4 aromatic rings. The Morgan fingerprint density at radius 2 is 1.95 bits per heavy atom. The van der Waals surface area contributed by atoms with Gasteiger partial charge in [-0.2, -0.15) is 10.4 Å². The lowest BCUT2D eigenvalue weighted by molar-refractivity contribution is 0.194. The van der Waals surface area contributed by atoms with Crippen molar-refractivity contribution in [1.29, 1.82) is 5.26 Å². The summed E-state index contributed by atoms with van der Waals surface area (Å²) in [7, 11) is 5.67. The van der Waals surface area contributed by atoms with E-state index in [1.54, 1.807) is 4.68 Å². The number of anilines is 4. The number of hydrogen-bond acceptors (Lipinski definition) is 7. The van der Waals surface area contributed by atoms with Crippen molar-refractivity contribution >= 4 is 40.1 Å². The largest absolute Gasteiger partial charge is 0.465 e. The number of carbonyl (C=O) groups is 1. The van der Waals surface area contributed by atoms with Crippen LogP contribution in [0.5, 0.6) is 0 Å². The highest BCUT2D eigenvalue weighted by Crippen LogP contribution is 2.30. The predicted molar refractivity (Wildman–Crippen MR) is 141 cm³/mol. The van der Waals surface area contributed by atoms with Crippen molar-refractivity contribution < 1.29 is 14.3 Å². The topological polar surface area (TPSA) is 131 Å². The molecule has 0 fully saturated rings. The summed E-state index contributed by atoms with van der Waals surface area (Å²) in [6, 6.07) is 17.7. The van der Waals surface area contributed by atoms with Crippen LogP contribution < -0.4 is 20.9 Å². The maximum Gasteiger partial charge on any atom is 0.404 e. The first-order valence-electron chi connectivity index (χ1n) is 11.5. The number of benzene rings is 2. The van der Waals surface area contributed by atoms with Crippen LogP contribution in [0.4, 0.5) is 32.3 Å². The number of carboxylic acid groups (broad SMARTS) is 1. The molecular formula is C26H27FN8O2. The van der Waals surface area contributed by atoms with Crippen molar-refractivity contribution in [1.82, 2.24) is 20.1 Å². The molecule has 4 N–H and O–H groups in total. The van der Waals surface area contributed by atoms with Crippen molar-refractivity contribution in [3.8, 4) is 6.07 Å². The number of nitriles is 1. The molecule has 1 amide bonds. The minimum absolute atomic E-state index is 0.0269. The highest BCUT2D eigenvalue weighted by atomic mass is 19.1. The summed E-state index contributed by atoms with van der Waals surface area (Å²) in [5.74, 6) is 0.149. The summed E-state index contributed by atoms with van der Waals surface area (Å²) < 4.78 is 16.7. The Kier molecular flexibility index (Phi) is 7.39. The van der Waals surface area contributed by atoms with E-state index in [0.717, 1.165) is 28.4 Å². The zero-order valence-electron chi connectivity index (χ0n) is 20.7. The first-order valence-corrected chi connectivity index (χ1v) is 11.5. The molecule has 11 heteroatoms. The molecule has 0 bridgehead atoms. The van der Waals surface area contributed by atoms with Crippen molar-refractivity contribution in [3.63, 3.8) is 0 Å². The maximum absolute atomic E-state index is 14.9. The van der Waals surface area contributed by atoms with Crippen LogP contribution in [0.15, 0.2) is 54.6 Å². The van der Waals surface area contributed by atoms with Gasteiger partial charge in [0.2, 0.25) is 0 Å². The van der Waals surface area contributed by atoms with E-state index in [-0.39, 0.29) is 23.7 Å². The van der Waals surface area contributed by atoms with E-state index in [4.69, 9.17) is 5.11 Å². The fraction of sp³-hybridized carbons (Fsp3) is 0.231. The summed E-state index contributed by atoms with van der Waals surface area (Å²) in [4.78, 5) is 17.4. The molecule has 0 aliphatic heterocycles. The van der Waals surface area contributed by atoms with Crippen LogP contribution in [-0.2, 0) is 13.5 Å². The van der Waals surface area contributed by atoms with E-state index in [2.05, 4.69) is 26.0 Å². The third kappa shape index (κ3) is 5.87. The van der Waals surface area contributed by atoms with Gasteiger partial charge in [-0.25, -0.2) is 14.2 Å². The van der Waals surface area contributed by atoms with Crippen LogP contribution in [0.25, 0.3) is 10.9 Å². The van der Waals surface area contributed by atoms with Crippen LogP contribution >= 0.6 is 0 Å². The number of nitrogens with zero attached hydrogens (tertiary/aromatic N) is 5. The van der Waals surface area contributed by atoms with Gasteiger partial charge in [-0.05, 0) is 36.2 Å². The predicted octanol–water partition coefficient (Wildman–Crippen LogP) is 4.08. The number of pyridine rings is 1. The van der Waals surface area contributed by atoms with Crippen molar-refractivity contribution in [2.75, 3.05) is 36.2 Å². The van der Waals surface area contributed by atoms with Crippen LogP contribution in [0, 0.1) is 17.1 Å². The van der Waals surface area contributed by atoms with Crippen molar-refractivity contribution in [2.24, 2.45) is 7.05 Å². The highest BCUT2D eigenvalue weighted by Gasteiger charge is 2.18. The van der Waals surface area contributed by atoms with Gasteiger partial charge >= 0.3 is 6.09 Å². The Bertz CT molecular complexity index is 1460. The summed E-state index contributed by atoms with van der Waals surface area (Å²) >= 11 is 0. The molecule has 2 heterocycles. The normalized spacial score (nSPS) is 11.5. The zero-order chi connectivity index (χ0) is 26.5. The third-order valence-electron chi connectivity index (χ3n) is 5.78. The first-order chi connectivity index (χ1) is 17.7. The van der Waals surface area contributed by atoms with Gasteiger partial charge in [0.1, 0.15) is 6.07 Å². The van der Waals surface area contributed by atoms with Gasteiger partial charge in [-0.15, -0.1) is 0 Å². The monoisotopic (exact) mass is 502 g/mol. The van der Waals surface area contributed by atoms with Gasteiger partial charge in [-0.1, -0.05) is 30.3 Å². The lowest BCUT2D eigenvalue weighted by atomic mass is 10.1. The summed E-state index contributed by atoms with van der Waals surface area (Å²) in [5.41, 5.74) is 2.56. The molecule has 37 heavy (non-hydrogen) atoms. The number of halogens is 1. The SMILES string of the molecule is CN(C)c1nn(C)c2ccc(Nc3nc(NC(CNC(=O)O)Cc4ccccc4)c(F)cc3C#N)cc12. The van der Waals surface area contributed by atoms with Crippen LogP contribution in [0.2, 0.25) is 0 Å². The van der Waals surface area contributed by atoms with E-state index in [0.29, 0.717) is 12.1 Å². The quantitative estimate of drug-likeness (QED) is 0.269. The van der Waals surface area contributed by atoms with Crippen LogP contribution in [0.3, 0.4) is 0 Å². The molecule has 0 spiro atoms.